The van der Waals surface area contributed by atoms with E-state index in [0.717, 1.165) is 0 Å². The van der Waals surface area contributed by atoms with Crippen molar-refractivity contribution in [3.63, 3.8) is 0 Å². The molecule has 0 amide bonds. The molecule has 0 aromatic heterocycles. The van der Waals surface area contributed by atoms with Crippen LogP contribution in [0, 0.1) is 11.3 Å². The van der Waals surface area contributed by atoms with E-state index in [1.165, 1.54) is 22.5 Å². The van der Waals surface area contributed by atoms with Crippen molar-refractivity contribution < 1.29 is 22.7 Å². The number of rotatable bonds is 5. The highest BCUT2D eigenvalue weighted by atomic mass is 79.9. The fourth-order valence-electron chi connectivity index (χ4n) is 2.72. The Kier molecular flexibility index (Phi) is 6.46. The van der Waals surface area contributed by atoms with Crippen molar-refractivity contribution in [2.45, 2.75) is 11.5 Å². The first-order valence-electron chi connectivity index (χ1n) is 8.45. The van der Waals surface area contributed by atoms with Crippen LogP contribution in [0.1, 0.15) is 21.5 Å². The molecule has 0 spiro atoms. The third-order valence-electron chi connectivity index (χ3n) is 4.18. The molecular formula is C19H17BrN2O5S. The number of hydrogen-bond acceptors (Lipinski definition) is 6. The van der Waals surface area contributed by atoms with E-state index in [2.05, 4.69) is 15.9 Å². The van der Waals surface area contributed by atoms with Gasteiger partial charge in [-0.2, -0.15) is 9.57 Å². The van der Waals surface area contributed by atoms with Crippen LogP contribution in [0.15, 0.2) is 51.8 Å². The minimum absolute atomic E-state index is 0.00956. The fraction of sp³-hybridized carbons (Fsp3) is 0.263. The van der Waals surface area contributed by atoms with E-state index < -0.39 is 16.0 Å². The van der Waals surface area contributed by atoms with Crippen LogP contribution in [0.4, 0.5) is 0 Å². The third-order valence-corrected chi connectivity index (χ3v) is 7.07. The predicted molar refractivity (Wildman–Crippen MR) is 104 cm³/mol. The lowest BCUT2D eigenvalue weighted by Crippen LogP contribution is -2.40. The van der Waals surface area contributed by atoms with Crippen LogP contribution in [-0.2, 0) is 26.1 Å². The molecule has 0 saturated carbocycles. The number of hydrogen-bond donors (Lipinski definition) is 0. The summed E-state index contributed by atoms with van der Waals surface area (Å²) >= 11 is 3.25. The molecule has 2 aromatic rings. The zero-order valence-corrected chi connectivity index (χ0v) is 17.2. The first-order chi connectivity index (χ1) is 13.4. The monoisotopic (exact) mass is 464 g/mol. The molecule has 1 fully saturated rings. The summed E-state index contributed by atoms with van der Waals surface area (Å²) in [6, 6.07) is 13.1. The highest BCUT2D eigenvalue weighted by Gasteiger charge is 2.29. The second-order valence-corrected chi connectivity index (χ2v) is 8.81. The molecule has 0 bridgehead atoms. The predicted octanol–water partition coefficient (Wildman–Crippen LogP) is 2.70. The van der Waals surface area contributed by atoms with Gasteiger partial charge in [0.25, 0.3) is 0 Å². The maximum atomic E-state index is 12.9. The van der Waals surface area contributed by atoms with Gasteiger partial charge in [0, 0.05) is 17.6 Å². The van der Waals surface area contributed by atoms with Gasteiger partial charge in [-0.15, -0.1) is 0 Å². The van der Waals surface area contributed by atoms with Crippen LogP contribution in [0.25, 0.3) is 0 Å². The summed E-state index contributed by atoms with van der Waals surface area (Å²) in [5, 5.41) is 8.93. The third kappa shape index (κ3) is 4.59. The molecule has 0 atom stereocenters. The number of carbonyl (C=O) groups is 1. The quantitative estimate of drug-likeness (QED) is 0.630. The Hall–Kier alpha value is -2.25. The second-order valence-electron chi connectivity index (χ2n) is 6.05. The molecule has 1 saturated heterocycles. The van der Waals surface area contributed by atoms with Crippen molar-refractivity contribution in [3.8, 4) is 6.07 Å². The minimum Gasteiger partial charge on any atom is -0.457 e. The molecule has 28 heavy (non-hydrogen) atoms. The van der Waals surface area contributed by atoms with Gasteiger partial charge in [0.2, 0.25) is 10.0 Å². The molecule has 0 unspecified atom stereocenters. The number of nitriles is 1. The molecule has 7 nitrogen and oxygen atoms in total. The summed E-state index contributed by atoms with van der Waals surface area (Å²) < 4.78 is 38.0. The molecular weight excluding hydrogens is 448 g/mol. The summed E-state index contributed by atoms with van der Waals surface area (Å²) in [6.45, 7) is 1.17. The van der Waals surface area contributed by atoms with Gasteiger partial charge in [0.05, 0.1) is 35.3 Å². The minimum atomic E-state index is -3.76. The topological polar surface area (TPSA) is 96.7 Å². The van der Waals surface area contributed by atoms with Gasteiger partial charge in [-0.3, -0.25) is 0 Å². The average Bonchev–Trinajstić information content (AvgIpc) is 2.73. The summed E-state index contributed by atoms with van der Waals surface area (Å²) in [5.74, 6) is -0.645. The first-order valence-corrected chi connectivity index (χ1v) is 10.7. The number of ether oxygens (including phenoxy) is 2. The van der Waals surface area contributed by atoms with Crippen LogP contribution in [0.3, 0.4) is 0 Å². The Morgan fingerprint density at radius 2 is 1.96 bits per heavy atom. The Morgan fingerprint density at radius 1 is 1.21 bits per heavy atom. The van der Waals surface area contributed by atoms with E-state index in [1.54, 1.807) is 24.3 Å². The SMILES string of the molecule is N#Cc1cccc(COC(=O)c2ccc(Br)c(S(=O)(=O)N3CCOCC3)c2)c1. The fourth-order valence-corrected chi connectivity index (χ4v) is 5.08. The van der Waals surface area contributed by atoms with E-state index in [0.29, 0.717) is 28.8 Å². The van der Waals surface area contributed by atoms with Gasteiger partial charge in [0.1, 0.15) is 6.61 Å². The number of morpholine rings is 1. The largest absolute Gasteiger partial charge is 0.457 e. The Balaban J connectivity index is 1.78. The molecule has 1 aliphatic rings. The molecule has 3 rings (SSSR count). The van der Waals surface area contributed by atoms with Crippen LogP contribution in [-0.4, -0.2) is 45.0 Å². The molecule has 0 aliphatic carbocycles. The summed E-state index contributed by atoms with van der Waals surface area (Å²) in [4.78, 5) is 12.4. The number of nitrogens with zero attached hydrogens (tertiary/aromatic N) is 2. The van der Waals surface area contributed by atoms with Gasteiger partial charge in [-0.05, 0) is 51.8 Å². The van der Waals surface area contributed by atoms with E-state index in [-0.39, 0.29) is 30.2 Å². The van der Waals surface area contributed by atoms with E-state index >= 15 is 0 Å². The standard InChI is InChI=1S/C19H17BrN2O5S/c20-17-5-4-16(11-18(17)28(24,25)22-6-8-26-9-7-22)19(23)27-13-15-3-1-2-14(10-15)12-21/h1-5,10-11H,6-9,13H2. The van der Waals surface area contributed by atoms with Crippen LogP contribution in [0.5, 0.6) is 0 Å². The molecule has 0 radical (unpaired) electrons. The first kappa shape index (κ1) is 20.5. The smallest absolute Gasteiger partial charge is 0.338 e. The van der Waals surface area contributed by atoms with Crippen molar-refractivity contribution in [2.24, 2.45) is 0 Å². The summed E-state index contributed by atoms with van der Waals surface area (Å²) in [6.07, 6.45) is 0. The summed E-state index contributed by atoms with van der Waals surface area (Å²) in [7, 11) is -3.76. The maximum Gasteiger partial charge on any atom is 0.338 e. The molecule has 1 aliphatic heterocycles. The summed E-state index contributed by atoms with van der Waals surface area (Å²) in [5.41, 5.74) is 1.27. The number of benzene rings is 2. The van der Waals surface area contributed by atoms with Gasteiger partial charge < -0.3 is 9.47 Å². The van der Waals surface area contributed by atoms with Crippen molar-refractivity contribution >= 4 is 31.9 Å². The lowest BCUT2D eigenvalue weighted by molar-refractivity contribution is 0.0472. The lowest BCUT2D eigenvalue weighted by atomic mass is 10.1. The van der Waals surface area contributed by atoms with Crippen LogP contribution >= 0.6 is 15.9 Å². The highest BCUT2D eigenvalue weighted by molar-refractivity contribution is 9.10. The van der Waals surface area contributed by atoms with E-state index in [9.17, 15) is 13.2 Å². The van der Waals surface area contributed by atoms with Crippen molar-refractivity contribution in [2.75, 3.05) is 26.3 Å². The average molecular weight is 465 g/mol. The zero-order valence-electron chi connectivity index (χ0n) is 14.8. The molecule has 0 N–H and O–H groups in total. The Bertz CT molecular complexity index is 1030. The van der Waals surface area contributed by atoms with Gasteiger partial charge in [0.15, 0.2) is 0 Å². The Labute approximate surface area is 171 Å². The van der Waals surface area contributed by atoms with Gasteiger partial charge in [-0.1, -0.05) is 12.1 Å². The number of sulfonamides is 1. The number of carbonyl (C=O) groups excluding carboxylic acids is 1. The number of halogens is 1. The van der Waals surface area contributed by atoms with Crippen molar-refractivity contribution in [1.29, 1.82) is 5.26 Å². The van der Waals surface area contributed by atoms with Crippen molar-refractivity contribution in [1.82, 2.24) is 4.31 Å². The highest BCUT2D eigenvalue weighted by Crippen LogP contribution is 2.27. The Morgan fingerprint density at radius 3 is 2.68 bits per heavy atom. The molecule has 9 heteroatoms. The lowest BCUT2D eigenvalue weighted by Gasteiger charge is -2.26. The zero-order chi connectivity index (χ0) is 20.1. The maximum absolute atomic E-state index is 12.9. The van der Waals surface area contributed by atoms with Crippen molar-refractivity contribution in [3.05, 3.63) is 63.6 Å². The van der Waals surface area contributed by atoms with E-state index in [4.69, 9.17) is 14.7 Å². The molecule has 1 heterocycles. The normalized spacial score (nSPS) is 15.0. The second kappa shape index (κ2) is 8.84. The van der Waals surface area contributed by atoms with Crippen LogP contribution in [0.2, 0.25) is 0 Å². The number of esters is 1. The van der Waals surface area contributed by atoms with E-state index in [1.807, 2.05) is 6.07 Å². The van der Waals surface area contributed by atoms with Crippen LogP contribution < -0.4 is 0 Å². The molecule has 2 aromatic carbocycles. The molecule has 146 valence electrons. The van der Waals surface area contributed by atoms with Gasteiger partial charge in [-0.25, -0.2) is 13.2 Å². The van der Waals surface area contributed by atoms with Gasteiger partial charge >= 0.3 is 5.97 Å².